The molecule has 0 saturated heterocycles. The molecule has 0 spiro atoms. The van der Waals surface area contributed by atoms with E-state index in [9.17, 15) is 27.6 Å². The largest absolute Gasteiger partial charge is 0.459 e. The third-order valence-corrected chi connectivity index (χ3v) is 3.88. The van der Waals surface area contributed by atoms with Crippen molar-refractivity contribution in [2.45, 2.75) is 71.9 Å². The molecular weight excluding hydrogens is 415 g/mol. The maximum absolute atomic E-state index is 13.7. The van der Waals surface area contributed by atoms with Gasteiger partial charge in [0.2, 0.25) is 5.91 Å². The van der Waals surface area contributed by atoms with E-state index in [4.69, 9.17) is 9.47 Å². The van der Waals surface area contributed by atoms with Crippen molar-refractivity contribution in [1.29, 1.82) is 0 Å². The van der Waals surface area contributed by atoms with Gasteiger partial charge >= 0.3 is 18.1 Å². The summed E-state index contributed by atoms with van der Waals surface area (Å²) in [5.74, 6) is -8.19. The molecule has 0 aliphatic heterocycles. The molecule has 1 N–H and O–H groups in total. The number of alkyl halides is 3. The van der Waals surface area contributed by atoms with Crippen molar-refractivity contribution in [3.05, 3.63) is 35.9 Å². The first-order chi connectivity index (χ1) is 14.0. The molecule has 6 nitrogen and oxygen atoms in total. The van der Waals surface area contributed by atoms with Crippen LogP contribution in [-0.2, 0) is 30.4 Å². The Kier molecular flexibility index (Phi) is 8.66. The molecule has 0 heterocycles. The molecule has 0 saturated carbocycles. The second-order valence-electron chi connectivity index (χ2n) is 9.15. The number of esters is 2. The molecule has 0 aliphatic carbocycles. The van der Waals surface area contributed by atoms with Crippen LogP contribution in [0.2, 0.25) is 0 Å². The van der Waals surface area contributed by atoms with Crippen molar-refractivity contribution in [2.24, 2.45) is 11.8 Å². The fourth-order valence-electron chi connectivity index (χ4n) is 2.57. The number of hydrogen-bond acceptors (Lipinski definition) is 5. The Hall–Kier alpha value is -2.58. The van der Waals surface area contributed by atoms with Crippen LogP contribution in [0, 0.1) is 11.8 Å². The molecule has 1 atom stereocenters. The Morgan fingerprint density at radius 2 is 1.32 bits per heavy atom. The predicted molar refractivity (Wildman–Crippen MR) is 108 cm³/mol. The van der Waals surface area contributed by atoms with E-state index < -0.39 is 53.5 Å². The summed E-state index contributed by atoms with van der Waals surface area (Å²) in [6.07, 6.45) is -6.10. The first kappa shape index (κ1) is 26.5. The molecule has 1 aromatic rings. The van der Waals surface area contributed by atoms with Gasteiger partial charge in [-0.1, -0.05) is 30.3 Å². The number of halogens is 3. The molecule has 1 amide bonds. The monoisotopic (exact) mass is 445 g/mol. The van der Waals surface area contributed by atoms with Crippen molar-refractivity contribution in [3.63, 3.8) is 0 Å². The Labute approximate surface area is 180 Å². The van der Waals surface area contributed by atoms with Gasteiger partial charge in [-0.05, 0) is 53.5 Å². The number of carbonyl (C=O) groups is 3. The Morgan fingerprint density at radius 1 is 0.871 bits per heavy atom. The number of benzene rings is 1. The summed E-state index contributed by atoms with van der Waals surface area (Å²) in [5, 5.41) is 2.22. The fraction of sp³-hybridized carbons (Fsp3) is 0.591. The Balaban J connectivity index is 3.10. The zero-order chi connectivity index (χ0) is 24.0. The zero-order valence-corrected chi connectivity index (χ0v) is 18.6. The van der Waals surface area contributed by atoms with Crippen LogP contribution in [0.15, 0.2) is 30.3 Å². The topological polar surface area (TPSA) is 81.7 Å². The van der Waals surface area contributed by atoms with Gasteiger partial charge in [0.1, 0.15) is 17.1 Å². The van der Waals surface area contributed by atoms with E-state index >= 15 is 0 Å². The summed E-state index contributed by atoms with van der Waals surface area (Å²) in [5.41, 5.74) is -1.48. The molecule has 9 heteroatoms. The molecular formula is C22H30F3NO5. The van der Waals surface area contributed by atoms with E-state index in [1.54, 1.807) is 30.3 Å². The highest BCUT2D eigenvalue weighted by Crippen LogP contribution is 2.33. The molecule has 1 rings (SSSR count). The van der Waals surface area contributed by atoms with Crippen molar-refractivity contribution in [3.8, 4) is 0 Å². The van der Waals surface area contributed by atoms with Crippen LogP contribution >= 0.6 is 0 Å². The smallest absolute Gasteiger partial charge is 0.400 e. The summed E-state index contributed by atoms with van der Waals surface area (Å²) >= 11 is 0. The lowest BCUT2D eigenvalue weighted by atomic mass is 9.92. The van der Waals surface area contributed by atoms with Gasteiger partial charge < -0.3 is 14.8 Å². The average Bonchev–Trinajstić information content (AvgIpc) is 2.56. The SMILES string of the molecule is CC(C)(C)OC(=O)C(CC(C(=O)NCc1ccccc1)C(F)(F)F)C(=O)OC(C)(C)C. The zero-order valence-electron chi connectivity index (χ0n) is 18.6. The van der Waals surface area contributed by atoms with Crippen LogP contribution in [0.4, 0.5) is 13.2 Å². The Morgan fingerprint density at radius 3 is 1.71 bits per heavy atom. The first-order valence-electron chi connectivity index (χ1n) is 9.83. The fourth-order valence-corrected chi connectivity index (χ4v) is 2.57. The lowest BCUT2D eigenvalue weighted by molar-refractivity contribution is -0.192. The third kappa shape index (κ3) is 9.85. The van der Waals surface area contributed by atoms with E-state index in [0.717, 1.165) is 0 Å². The predicted octanol–water partition coefficient (Wildman–Crippen LogP) is 4.17. The van der Waals surface area contributed by atoms with E-state index in [-0.39, 0.29) is 6.54 Å². The minimum Gasteiger partial charge on any atom is -0.459 e. The molecule has 0 bridgehead atoms. The third-order valence-electron chi connectivity index (χ3n) is 3.88. The van der Waals surface area contributed by atoms with Gasteiger partial charge in [0.25, 0.3) is 0 Å². The van der Waals surface area contributed by atoms with Crippen LogP contribution in [0.5, 0.6) is 0 Å². The summed E-state index contributed by atoms with van der Waals surface area (Å²) < 4.78 is 51.3. The van der Waals surface area contributed by atoms with Crippen LogP contribution in [-0.4, -0.2) is 35.2 Å². The molecule has 174 valence electrons. The molecule has 0 aromatic heterocycles. The van der Waals surface area contributed by atoms with Crippen LogP contribution in [0.3, 0.4) is 0 Å². The van der Waals surface area contributed by atoms with Crippen LogP contribution < -0.4 is 5.32 Å². The van der Waals surface area contributed by atoms with Gasteiger partial charge in [-0.3, -0.25) is 14.4 Å². The van der Waals surface area contributed by atoms with Crippen molar-refractivity contribution < 1.29 is 37.0 Å². The van der Waals surface area contributed by atoms with Crippen molar-refractivity contribution in [1.82, 2.24) is 5.32 Å². The minimum absolute atomic E-state index is 0.129. The van der Waals surface area contributed by atoms with E-state index in [1.807, 2.05) is 0 Å². The standard InChI is InChI=1S/C22H30F3NO5/c1-20(2,3)30-18(28)15(19(29)31-21(4,5)6)12-16(22(23,24)25)17(27)26-13-14-10-8-7-9-11-14/h7-11,15-16H,12-13H2,1-6H3,(H,26,27). The number of carbonyl (C=O) groups excluding carboxylic acids is 3. The summed E-state index contributed by atoms with van der Waals surface area (Å²) in [4.78, 5) is 37.4. The first-order valence-corrected chi connectivity index (χ1v) is 9.83. The second kappa shape index (κ2) is 10.2. The normalized spacial score (nSPS) is 13.5. The number of hydrogen-bond donors (Lipinski definition) is 1. The van der Waals surface area contributed by atoms with Gasteiger partial charge in [-0.2, -0.15) is 13.2 Å². The summed E-state index contributed by atoms with van der Waals surface area (Å²) in [6.45, 7) is 8.98. The van der Waals surface area contributed by atoms with Gasteiger partial charge in [-0.15, -0.1) is 0 Å². The molecule has 31 heavy (non-hydrogen) atoms. The van der Waals surface area contributed by atoms with Crippen LogP contribution in [0.25, 0.3) is 0 Å². The van der Waals surface area contributed by atoms with Gasteiger partial charge in [0.05, 0.1) is 0 Å². The van der Waals surface area contributed by atoms with Gasteiger partial charge in [0, 0.05) is 6.54 Å². The molecule has 0 fully saturated rings. The summed E-state index contributed by atoms with van der Waals surface area (Å²) in [7, 11) is 0. The Bertz CT molecular complexity index is 736. The van der Waals surface area contributed by atoms with E-state index in [0.29, 0.717) is 5.56 Å². The minimum atomic E-state index is -4.98. The van der Waals surface area contributed by atoms with Gasteiger partial charge in [0.15, 0.2) is 5.92 Å². The molecule has 1 aromatic carbocycles. The lowest BCUT2D eigenvalue weighted by Gasteiger charge is -2.28. The molecule has 1 unspecified atom stereocenters. The molecule has 0 radical (unpaired) electrons. The highest BCUT2D eigenvalue weighted by atomic mass is 19.4. The van der Waals surface area contributed by atoms with E-state index in [2.05, 4.69) is 5.32 Å². The average molecular weight is 445 g/mol. The second-order valence-corrected chi connectivity index (χ2v) is 9.15. The number of ether oxygens (including phenoxy) is 2. The molecule has 0 aliphatic rings. The maximum Gasteiger partial charge on any atom is 0.400 e. The highest BCUT2D eigenvalue weighted by molar-refractivity contribution is 5.96. The number of amides is 1. The van der Waals surface area contributed by atoms with Crippen LogP contribution in [0.1, 0.15) is 53.5 Å². The maximum atomic E-state index is 13.7. The van der Waals surface area contributed by atoms with Crippen molar-refractivity contribution in [2.75, 3.05) is 0 Å². The van der Waals surface area contributed by atoms with Gasteiger partial charge in [-0.25, -0.2) is 0 Å². The van der Waals surface area contributed by atoms with E-state index in [1.165, 1.54) is 41.5 Å². The number of nitrogens with one attached hydrogen (secondary N) is 1. The quantitative estimate of drug-likeness (QED) is 0.503. The summed E-state index contributed by atoms with van der Waals surface area (Å²) in [6, 6.07) is 8.39. The number of rotatable bonds is 7. The lowest BCUT2D eigenvalue weighted by Crippen LogP contribution is -2.44. The highest BCUT2D eigenvalue weighted by Gasteiger charge is 2.49. The van der Waals surface area contributed by atoms with Crippen molar-refractivity contribution >= 4 is 17.8 Å².